The number of nitrogens with one attached hydrogen (secondary N) is 1. The molecule has 0 spiro atoms. The standard InChI is InChI=1S/C17H24N2O.ClH/c1-3-19(4-2)11-12-5-7-16-14(9-12)15-10-13(20)6-8-17(15)18-16;/h6,8,10,12,18,20H,3-5,7,9,11H2,1-2H3;1H. The third-order valence-electron chi connectivity index (χ3n) is 4.68. The molecule has 0 saturated heterocycles. The quantitative estimate of drug-likeness (QED) is 0.903. The van der Waals surface area contributed by atoms with E-state index in [4.69, 9.17) is 0 Å². The summed E-state index contributed by atoms with van der Waals surface area (Å²) >= 11 is 0. The first kappa shape index (κ1) is 16.2. The predicted octanol–water partition coefficient (Wildman–Crippen LogP) is 3.74. The maximum absolute atomic E-state index is 9.72. The van der Waals surface area contributed by atoms with Gasteiger partial charge in [-0.05, 0) is 62.0 Å². The van der Waals surface area contributed by atoms with Gasteiger partial charge in [0.15, 0.2) is 0 Å². The van der Waals surface area contributed by atoms with E-state index in [2.05, 4.69) is 23.7 Å². The van der Waals surface area contributed by atoms with Gasteiger partial charge in [0.25, 0.3) is 0 Å². The van der Waals surface area contributed by atoms with Gasteiger partial charge in [0.05, 0.1) is 0 Å². The van der Waals surface area contributed by atoms with Gasteiger partial charge in [-0.2, -0.15) is 0 Å². The fraction of sp³-hybridized carbons (Fsp3) is 0.529. The Kier molecular flexibility index (Phi) is 5.17. The molecule has 1 atom stereocenters. The van der Waals surface area contributed by atoms with Crippen LogP contribution in [0.15, 0.2) is 18.2 Å². The minimum Gasteiger partial charge on any atom is -0.508 e. The number of halogens is 1. The summed E-state index contributed by atoms with van der Waals surface area (Å²) in [5, 5.41) is 10.9. The van der Waals surface area contributed by atoms with E-state index in [-0.39, 0.29) is 12.4 Å². The number of nitrogens with zero attached hydrogens (tertiary/aromatic N) is 1. The van der Waals surface area contributed by atoms with Crippen LogP contribution in [0.3, 0.4) is 0 Å². The lowest BCUT2D eigenvalue weighted by molar-refractivity contribution is 0.239. The normalized spacial score (nSPS) is 17.8. The van der Waals surface area contributed by atoms with Crippen molar-refractivity contribution in [1.82, 2.24) is 9.88 Å². The van der Waals surface area contributed by atoms with Gasteiger partial charge < -0.3 is 15.0 Å². The second kappa shape index (κ2) is 6.71. The number of hydrogen-bond donors (Lipinski definition) is 2. The molecular formula is C17H25ClN2O. The summed E-state index contributed by atoms with van der Waals surface area (Å²) in [6, 6.07) is 5.66. The number of aryl methyl sites for hydroxylation is 1. The van der Waals surface area contributed by atoms with Gasteiger partial charge in [0, 0.05) is 23.1 Å². The fourth-order valence-electron chi connectivity index (χ4n) is 3.48. The zero-order chi connectivity index (χ0) is 14.1. The monoisotopic (exact) mass is 308 g/mol. The van der Waals surface area contributed by atoms with Crippen LogP contribution in [0.5, 0.6) is 5.75 Å². The van der Waals surface area contributed by atoms with Crippen molar-refractivity contribution in [3.05, 3.63) is 29.5 Å². The number of aromatic amines is 1. The summed E-state index contributed by atoms with van der Waals surface area (Å²) in [6.07, 6.45) is 3.54. The van der Waals surface area contributed by atoms with E-state index in [1.807, 2.05) is 12.1 Å². The molecule has 3 nitrogen and oxygen atoms in total. The molecule has 21 heavy (non-hydrogen) atoms. The van der Waals surface area contributed by atoms with Crippen LogP contribution in [-0.4, -0.2) is 34.6 Å². The maximum atomic E-state index is 9.72. The molecule has 1 heterocycles. The molecule has 2 aromatic rings. The van der Waals surface area contributed by atoms with Crippen LogP contribution in [0.1, 0.15) is 31.5 Å². The molecule has 0 aliphatic heterocycles. The molecule has 1 unspecified atom stereocenters. The Labute approximate surface area is 132 Å². The Balaban J connectivity index is 0.00000161. The summed E-state index contributed by atoms with van der Waals surface area (Å²) in [6.45, 7) is 7.93. The number of benzene rings is 1. The molecule has 0 amide bonds. The molecular weight excluding hydrogens is 284 g/mol. The first-order chi connectivity index (χ1) is 9.71. The summed E-state index contributed by atoms with van der Waals surface area (Å²) in [7, 11) is 0. The summed E-state index contributed by atoms with van der Waals surface area (Å²) < 4.78 is 0. The number of phenolic OH excluding ortho intramolecular Hbond substituents is 1. The van der Waals surface area contributed by atoms with Gasteiger partial charge in [-0.25, -0.2) is 0 Å². The van der Waals surface area contributed by atoms with Crippen molar-refractivity contribution in [1.29, 1.82) is 0 Å². The zero-order valence-corrected chi connectivity index (χ0v) is 13.7. The predicted molar refractivity (Wildman–Crippen MR) is 90.5 cm³/mol. The number of H-pyrrole nitrogens is 1. The highest BCUT2D eigenvalue weighted by atomic mass is 35.5. The molecule has 2 N–H and O–H groups in total. The average Bonchev–Trinajstić information content (AvgIpc) is 2.82. The van der Waals surface area contributed by atoms with Gasteiger partial charge in [-0.3, -0.25) is 0 Å². The Morgan fingerprint density at radius 3 is 2.76 bits per heavy atom. The van der Waals surface area contributed by atoms with Gasteiger partial charge >= 0.3 is 0 Å². The van der Waals surface area contributed by atoms with Crippen LogP contribution in [0, 0.1) is 5.92 Å². The van der Waals surface area contributed by atoms with Gasteiger partial charge in [0.2, 0.25) is 0 Å². The van der Waals surface area contributed by atoms with Crippen molar-refractivity contribution < 1.29 is 5.11 Å². The number of rotatable bonds is 4. The van der Waals surface area contributed by atoms with Crippen LogP contribution >= 0.6 is 12.4 Å². The number of fused-ring (bicyclic) bond motifs is 3. The highest BCUT2D eigenvalue weighted by molar-refractivity contribution is 5.86. The highest BCUT2D eigenvalue weighted by Crippen LogP contribution is 2.33. The van der Waals surface area contributed by atoms with Crippen LogP contribution in [0.25, 0.3) is 10.9 Å². The zero-order valence-electron chi connectivity index (χ0n) is 12.9. The van der Waals surface area contributed by atoms with Crippen molar-refractivity contribution >= 4 is 23.3 Å². The van der Waals surface area contributed by atoms with Crippen molar-refractivity contribution in [3.8, 4) is 5.75 Å². The smallest absolute Gasteiger partial charge is 0.116 e. The highest BCUT2D eigenvalue weighted by Gasteiger charge is 2.23. The molecule has 0 bridgehead atoms. The van der Waals surface area contributed by atoms with Gasteiger partial charge in [-0.15, -0.1) is 12.4 Å². The van der Waals surface area contributed by atoms with E-state index in [0.717, 1.165) is 37.4 Å². The summed E-state index contributed by atoms with van der Waals surface area (Å²) in [5.74, 6) is 1.11. The molecule has 4 heteroatoms. The molecule has 116 valence electrons. The van der Waals surface area contributed by atoms with Crippen molar-refractivity contribution in [3.63, 3.8) is 0 Å². The van der Waals surface area contributed by atoms with Crippen LogP contribution in [0.2, 0.25) is 0 Å². The molecule has 1 aliphatic rings. The van der Waals surface area contributed by atoms with Gasteiger partial charge in [0.1, 0.15) is 5.75 Å². The molecule has 1 aliphatic carbocycles. The van der Waals surface area contributed by atoms with Crippen LogP contribution < -0.4 is 0 Å². The maximum Gasteiger partial charge on any atom is 0.116 e. The largest absolute Gasteiger partial charge is 0.508 e. The van der Waals surface area contributed by atoms with E-state index in [9.17, 15) is 5.11 Å². The lowest BCUT2D eigenvalue weighted by Crippen LogP contribution is -2.31. The lowest BCUT2D eigenvalue weighted by Gasteiger charge is -2.28. The first-order valence-electron chi connectivity index (χ1n) is 7.76. The third kappa shape index (κ3) is 3.19. The molecule has 0 radical (unpaired) electrons. The molecule has 1 aromatic heterocycles. The topological polar surface area (TPSA) is 39.3 Å². The van der Waals surface area contributed by atoms with Crippen LogP contribution in [-0.2, 0) is 12.8 Å². The summed E-state index contributed by atoms with van der Waals surface area (Å²) in [4.78, 5) is 6.04. The fourth-order valence-corrected chi connectivity index (χ4v) is 3.48. The van der Waals surface area contributed by atoms with E-state index >= 15 is 0 Å². The minimum atomic E-state index is 0. The number of hydrogen-bond acceptors (Lipinski definition) is 2. The van der Waals surface area contributed by atoms with Crippen molar-refractivity contribution in [2.45, 2.75) is 33.1 Å². The van der Waals surface area contributed by atoms with Gasteiger partial charge in [-0.1, -0.05) is 13.8 Å². The molecule has 3 rings (SSSR count). The number of phenols is 1. The Hall–Kier alpha value is -1.19. The minimum absolute atomic E-state index is 0. The van der Waals surface area contributed by atoms with E-state index in [1.165, 1.54) is 29.6 Å². The Morgan fingerprint density at radius 2 is 2.05 bits per heavy atom. The van der Waals surface area contributed by atoms with E-state index < -0.39 is 0 Å². The molecule has 1 aromatic carbocycles. The number of aromatic nitrogens is 1. The van der Waals surface area contributed by atoms with E-state index in [1.54, 1.807) is 6.07 Å². The lowest BCUT2D eigenvalue weighted by atomic mass is 9.86. The Morgan fingerprint density at radius 1 is 1.29 bits per heavy atom. The SMILES string of the molecule is CCN(CC)CC1CCc2[nH]c3ccc(O)cc3c2C1.Cl. The molecule has 0 fully saturated rings. The first-order valence-corrected chi connectivity index (χ1v) is 7.76. The Bertz CT molecular complexity index is 604. The second-order valence-electron chi connectivity index (χ2n) is 5.91. The average molecular weight is 309 g/mol. The van der Waals surface area contributed by atoms with Crippen molar-refractivity contribution in [2.75, 3.05) is 19.6 Å². The third-order valence-corrected chi connectivity index (χ3v) is 4.68. The summed E-state index contributed by atoms with van der Waals surface area (Å²) in [5.41, 5.74) is 3.97. The van der Waals surface area contributed by atoms with E-state index in [0.29, 0.717) is 5.75 Å². The number of aromatic hydroxyl groups is 1. The van der Waals surface area contributed by atoms with Crippen molar-refractivity contribution in [2.24, 2.45) is 5.92 Å². The second-order valence-corrected chi connectivity index (χ2v) is 5.91. The molecule has 0 saturated carbocycles. The van der Waals surface area contributed by atoms with Crippen LogP contribution in [0.4, 0.5) is 0 Å².